The van der Waals surface area contributed by atoms with Gasteiger partial charge >= 0.3 is 0 Å². The van der Waals surface area contributed by atoms with Crippen molar-refractivity contribution in [2.24, 2.45) is 5.92 Å². The molecule has 1 heterocycles. The van der Waals surface area contributed by atoms with E-state index in [1.165, 1.54) is 6.07 Å². The lowest BCUT2D eigenvalue weighted by molar-refractivity contribution is -0.121. The van der Waals surface area contributed by atoms with Crippen molar-refractivity contribution in [3.63, 3.8) is 0 Å². The minimum Gasteiger partial charge on any atom is -0.506 e. The number of piperidine rings is 1. The number of benzene rings is 3. The van der Waals surface area contributed by atoms with Crippen molar-refractivity contribution in [3.05, 3.63) is 83.9 Å². The predicted octanol–water partition coefficient (Wildman–Crippen LogP) is 4.42. The highest BCUT2D eigenvalue weighted by molar-refractivity contribution is 6.01. The minimum absolute atomic E-state index is 0.0303. The second-order valence-corrected chi connectivity index (χ2v) is 7.78. The zero-order valence-corrected chi connectivity index (χ0v) is 17.5. The first-order valence-corrected chi connectivity index (χ1v) is 10.5. The SMILES string of the molecule is N#Cc1ccccc1-c1ccccc1C(=O)N1CCC(C(=O)Nc2ccccc2O)CC1. The van der Waals surface area contributed by atoms with Gasteiger partial charge in [-0.2, -0.15) is 5.26 Å². The Balaban J connectivity index is 1.46. The van der Waals surface area contributed by atoms with Crippen molar-refractivity contribution in [2.45, 2.75) is 12.8 Å². The van der Waals surface area contributed by atoms with Crippen LogP contribution in [0.2, 0.25) is 0 Å². The van der Waals surface area contributed by atoms with Crippen molar-refractivity contribution in [3.8, 4) is 22.9 Å². The molecule has 0 bridgehead atoms. The molecule has 3 aromatic carbocycles. The van der Waals surface area contributed by atoms with Gasteiger partial charge in [0.05, 0.1) is 17.3 Å². The normalized spacial score (nSPS) is 13.9. The van der Waals surface area contributed by atoms with E-state index in [0.29, 0.717) is 42.7 Å². The van der Waals surface area contributed by atoms with Gasteiger partial charge in [-0.05, 0) is 42.7 Å². The molecule has 0 aromatic heterocycles. The highest BCUT2D eigenvalue weighted by atomic mass is 16.3. The summed E-state index contributed by atoms with van der Waals surface area (Å²) in [5.74, 6) is -0.453. The van der Waals surface area contributed by atoms with Gasteiger partial charge in [-0.3, -0.25) is 9.59 Å². The maximum atomic E-state index is 13.3. The number of carbonyl (C=O) groups is 2. The Morgan fingerprint density at radius 1 is 0.906 bits per heavy atom. The maximum absolute atomic E-state index is 13.3. The average Bonchev–Trinajstić information content (AvgIpc) is 2.85. The molecule has 0 unspecified atom stereocenters. The second kappa shape index (κ2) is 9.36. The molecule has 0 atom stereocenters. The summed E-state index contributed by atoms with van der Waals surface area (Å²) in [6.45, 7) is 0.928. The van der Waals surface area contributed by atoms with Gasteiger partial charge in [0.1, 0.15) is 5.75 Å². The first kappa shape index (κ1) is 21.1. The van der Waals surface area contributed by atoms with Gasteiger partial charge in [-0.1, -0.05) is 48.5 Å². The Hall–Kier alpha value is -4.11. The first-order valence-electron chi connectivity index (χ1n) is 10.5. The topological polar surface area (TPSA) is 93.4 Å². The molecule has 2 amide bonds. The van der Waals surface area contributed by atoms with Crippen LogP contribution < -0.4 is 5.32 Å². The quantitative estimate of drug-likeness (QED) is 0.605. The highest BCUT2D eigenvalue weighted by Crippen LogP contribution is 2.30. The zero-order chi connectivity index (χ0) is 22.5. The number of aromatic hydroxyl groups is 1. The average molecular weight is 425 g/mol. The zero-order valence-electron chi connectivity index (χ0n) is 17.5. The van der Waals surface area contributed by atoms with Crippen LogP contribution in [0.25, 0.3) is 11.1 Å². The number of amides is 2. The van der Waals surface area contributed by atoms with Crippen molar-refractivity contribution in [2.75, 3.05) is 18.4 Å². The van der Waals surface area contributed by atoms with E-state index in [0.717, 1.165) is 11.1 Å². The second-order valence-electron chi connectivity index (χ2n) is 7.78. The fourth-order valence-corrected chi connectivity index (χ4v) is 4.05. The van der Waals surface area contributed by atoms with Crippen LogP contribution >= 0.6 is 0 Å². The van der Waals surface area contributed by atoms with E-state index >= 15 is 0 Å². The van der Waals surface area contributed by atoms with Crippen LogP contribution in [0, 0.1) is 17.2 Å². The molecule has 0 saturated carbocycles. The molecule has 6 nitrogen and oxygen atoms in total. The molecule has 6 heteroatoms. The van der Waals surface area contributed by atoms with Gasteiger partial charge in [0, 0.05) is 30.1 Å². The molecule has 160 valence electrons. The smallest absolute Gasteiger partial charge is 0.254 e. The molecule has 4 rings (SSSR count). The number of hydrogen-bond acceptors (Lipinski definition) is 4. The molecule has 0 spiro atoms. The number of nitriles is 1. The lowest BCUT2D eigenvalue weighted by Gasteiger charge is -2.32. The highest BCUT2D eigenvalue weighted by Gasteiger charge is 2.29. The van der Waals surface area contributed by atoms with E-state index < -0.39 is 0 Å². The van der Waals surface area contributed by atoms with Gasteiger partial charge in [0.25, 0.3) is 5.91 Å². The Labute approximate surface area is 186 Å². The van der Waals surface area contributed by atoms with E-state index in [1.54, 1.807) is 41.3 Å². The molecule has 1 fully saturated rings. The largest absolute Gasteiger partial charge is 0.506 e. The summed E-state index contributed by atoms with van der Waals surface area (Å²) in [5, 5.41) is 22.1. The number of likely N-dealkylation sites (tertiary alicyclic amines) is 1. The van der Waals surface area contributed by atoms with Gasteiger partial charge in [-0.25, -0.2) is 0 Å². The summed E-state index contributed by atoms with van der Waals surface area (Å²) in [7, 11) is 0. The van der Waals surface area contributed by atoms with Crippen LogP contribution in [0.3, 0.4) is 0 Å². The van der Waals surface area contributed by atoms with Crippen LogP contribution in [0.5, 0.6) is 5.75 Å². The molecule has 1 aliphatic rings. The van der Waals surface area contributed by atoms with E-state index in [-0.39, 0.29) is 23.5 Å². The van der Waals surface area contributed by atoms with Crippen molar-refractivity contribution in [1.29, 1.82) is 5.26 Å². The molecule has 0 radical (unpaired) electrons. The predicted molar refractivity (Wildman–Crippen MR) is 122 cm³/mol. The van der Waals surface area contributed by atoms with Gasteiger partial charge in [0.2, 0.25) is 5.91 Å². The van der Waals surface area contributed by atoms with Crippen LogP contribution in [0.1, 0.15) is 28.8 Å². The first-order chi connectivity index (χ1) is 15.6. The van der Waals surface area contributed by atoms with Gasteiger partial charge in [0.15, 0.2) is 0 Å². The van der Waals surface area contributed by atoms with E-state index in [2.05, 4.69) is 11.4 Å². The summed E-state index contributed by atoms with van der Waals surface area (Å²) < 4.78 is 0. The van der Waals surface area contributed by atoms with Gasteiger partial charge in [-0.15, -0.1) is 0 Å². The summed E-state index contributed by atoms with van der Waals surface area (Å²) in [6, 6.07) is 23.4. The van der Waals surface area contributed by atoms with E-state index in [4.69, 9.17) is 0 Å². The Morgan fingerprint density at radius 3 is 2.25 bits per heavy atom. The number of nitrogens with zero attached hydrogens (tertiary/aromatic N) is 2. The Bertz CT molecular complexity index is 1190. The Morgan fingerprint density at radius 2 is 1.53 bits per heavy atom. The third-order valence-corrected chi connectivity index (χ3v) is 5.81. The number of hydrogen-bond donors (Lipinski definition) is 2. The van der Waals surface area contributed by atoms with Crippen molar-refractivity contribution >= 4 is 17.5 Å². The molecular weight excluding hydrogens is 402 g/mol. The fraction of sp³-hybridized carbons (Fsp3) is 0.192. The molecule has 1 saturated heterocycles. The molecule has 1 aliphatic heterocycles. The number of para-hydroxylation sites is 2. The third-order valence-electron chi connectivity index (χ3n) is 5.81. The number of nitrogens with one attached hydrogen (secondary N) is 1. The number of phenols is 1. The van der Waals surface area contributed by atoms with E-state index in [1.807, 2.05) is 30.3 Å². The van der Waals surface area contributed by atoms with Crippen LogP contribution in [-0.4, -0.2) is 34.9 Å². The summed E-state index contributed by atoms with van der Waals surface area (Å²) >= 11 is 0. The van der Waals surface area contributed by atoms with Crippen LogP contribution in [0.4, 0.5) is 5.69 Å². The number of phenolic OH excluding ortho intramolecular Hbond substituents is 1. The maximum Gasteiger partial charge on any atom is 0.254 e. The molecule has 2 N–H and O–H groups in total. The number of carbonyl (C=O) groups excluding carboxylic acids is 2. The molecular formula is C26H23N3O3. The van der Waals surface area contributed by atoms with Crippen LogP contribution in [0.15, 0.2) is 72.8 Å². The van der Waals surface area contributed by atoms with Crippen molar-refractivity contribution in [1.82, 2.24) is 4.90 Å². The standard InChI is InChI=1S/C26H23N3O3/c27-17-19-7-1-2-8-20(19)21-9-3-4-10-22(21)26(32)29-15-13-18(14-16-29)25(31)28-23-11-5-6-12-24(23)30/h1-12,18,30H,13-16H2,(H,28,31). The summed E-state index contributed by atoms with van der Waals surface area (Å²) in [4.78, 5) is 27.7. The number of anilines is 1. The molecule has 32 heavy (non-hydrogen) atoms. The minimum atomic E-state index is -0.229. The number of rotatable bonds is 4. The third kappa shape index (κ3) is 4.33. The summed E-state index contributed by atoms with van der Waals surface area (Å²) in [5.41, 5.74) is 2.92. The van der Waals surface area contributed by atoms with Crippen LogP contribution in [-0.2, 0) is 4.79 Å². The Kier molecular flexibility index (Phi) is 6.18. The summed E-state index contributed by atoms with van der Waals surface area (Å²) in [6.07, 6.45) is 1.09. The molecule has 0 aliphatic carbocycles. The lowest BCUT2D eigenvalue weighted by atomic mass is 9.93. The fourth-order valence-electron chi connectivity index (χ4n) is 4.05. The lowest BCUT2D eigenvalue weighted by Crippen LogP contribution is -2.41. The van der Waals surface area contributed by atoms with Crippen molar-refractivity contribution < 1.29 is 14.7 Å². The van der Waals surface area contributed by atoms with E-state index in [9.17, 15) is 20.0 Å². The van der Waals surface area contributed by atoms with Gasteiger partial charge < -0.3 is 15.3 Å². The molecule has 3 aromatic rings. The monoisotopic (exact) mass is 425 g/mol.